The largest absolute Gasteiger partial charge is 0.444 e. The minimum atomic E-state index is -0.571. The molecule has 0 bridgehead atoms. The Hall–Kier alpha value is -3.41. The van der Waals surface area contributed by atoms with Crippen LogP contribution in [-0.4, -0.2) is 58.1 Å². The van der Waals surface area contributed by atoms with Crippen molar-refractivity contribution in [2.24, 2.45) is 0 Å². The molecule has 3 aromatic rings. The van der Waals surface area contributed by atoms with Crippen LogP contribution in [0.25, 0.3) is 10.8 Å². The second-order valence-electron chi connectivity index (χ2n) is 9.17. The quantitative estimate of drug-likeness (QED) is 0.611. The molecule has 6 heteroatoms. The van der Waals surface area contributed by atoms with E-state index in [1.807, 2.05) is 80.3 Å². The van der Waals surface area contributed by atoms with Crippen molar-refractivity contribution < 1.29 is 14.3 Å². The molecular formula is C26H29N3O3. The van der Waals surface area contributed by atoms with Crippen LogP contribution in [0.3, 0.4) is 0 Å². The van der Waals surface area contributed by atoms with E-state index in [1.54, 1.807) is 17.3 Å². The summed E-state index contributed by atoms with van der Waals surface area (Å²) in [6.07, 6.45) is 3.80. The van der Waals surface area contributed by atoms with Gasteiger partial charge in [0.05, 0.1) is 6.04 Å². The Morgan fingerprint density at radius 1 is 1.03 bits per heavy atom. The maximum absolute atomic E-state index is 13.5. The Morgan fingerprint density at radius 3 is 2.56 bits per heavy atom. The summed E-state index contributed by atoms with van der Waals surface area (Å²) in [6, 6.07) is 17.5. The average molecular weight is 432 g/mol. The Kier molecular flexibility index (Phi) is 6.12. The molecule has 0 radical (unpaired) electrons. The highest BCUT2D eigenvalue weighted by atomic mass is 16.6. The van der Waals surface area contributed by atoms with Crippen molar-refractivity contribution in [3.63, 3.8) is 0 Å². The number of benzene rings is 2. The second-order valence-corrected chi connectivity index (χ2v) is 9.17. The summed E-state index contributed by atoms with van der Waals surface area (Å²) in [5, 5.41) is 1.83. The molecule has 1 aliphatic rings. The molecule has 2 heterocycles. The average Bonchev–Trinajstić information content (AvgIpc) is 2.77. The molecule has 0 saturated carbocycles. The van der Waals surface area contributed by atoms with Crippen molar-refractivity contribution in [3.05, 3.63) is 78.1 Å². The van der Waals surface area contributed by atoms with E-state index in [2.05, 4.69) is 4.98 Å². The van der Waals surface area contributed by atoms with Gasteiger partial charge in [-0.25, -0.2) is 4.79 Å². The zero-order valence-electron chi connectivity index (χ0n) is 18.8. The van der Waals surface area contributed by atoms with Crippen LogP contribution in [0.15, 0.2) is 67.0 Å². The van der Waals surface area contributed by atoms with Crippen molar-refractivity contribution in [3.8, 4) is 0 Å². The molecule has 0 aliphatic carbocycles. The fourth-order valence-electron chi connectivity index (χ4n) is 4.14. The molecule has 1 fully saturated rings. The van der Waals surface area contributed by atoms with Crippen LogP contribution in [0.4, 0.5) is 4.79 Å². The number of fused-ring (bicyclic) bond motifs is 1. The zero-order chi connectivity index (χ0) is 22.7. The van der Waals surface area contributed by atoms with Gasteiger partial charge in [-0.2, -0.15) is 0 Å². The molecule has 1 saturated heterocycles. The SMILES string of the molecule is CC(C)(C)OC(=O)N1CCN(C(=O)c2cccc3cnccc23)CC1Cc1ccccc1. The Morgan fingerprint density at radius 2 is 1.81 bits per heavy atom. The summed E-state index contributed by atoms with van der Waals surface area (Å²) in [7, 11) is 0. The van der Waals surface area contributed by atoms with Gasteiger partial charge in [-0.15, -0.1) is 0 Å². The van der Waals surface area contributed by atoms with E-state index >= 15 is 0 Å². The lowest BCUT2D eigenvalue weighted by molar-refractivity contribution is -0.000566. The van der Waals surface area contributed by atoms with Crippen LogP contribution < -0.4 is 0 Å². The van der Waals surface area contributed by atoms with Gasteiger partial charge in [0.2, 0.25) is 0 Å². The molecule has 1 aromatic heterocycles. The normalized spacial score (nSPS) is 16.8. The highest BCUT2D eigenvalue weighted by molar-refractivity contribution is 6.06. The minimum absolute atomic E-state index is 0.0244. The zero-order valence-corrected chi connectivity index (χ0v) is 18.8. The van der Waals surface area contributed by atoms with Gasteiger partial charge >= 0.3 is 6.09 Å². The van der Waals surface area contributed by atoms with Crippen LogP contribution >= 0.6 is 0 Å². The Labute approximate surface area is 188 Å². The Balaban J connectivity index is 1.59. The maximum Gasteiger partial charge on any atom is 0.410 e. The molecule has 1 aliphatic heterocycles. The van der Waals surface area contributed by atoms with Crippen LogP contribution in [0.1, 0.15) is 36.7 Å². The number of hydrogen-bond acceptors (Lipinski definition) is 4. The topological polar surface area (TPSA) is 62.7 Å². The third-order valence-corrected chi connectivity index (χ3v) is 5.62. The molecule has 166 valence electrons. The fraction of sp³-hybridized carbons (Fsp3) is 0.346. The third kappa shape index (κ3) is 4.90. The first-order chi connectivity index (χ1) is 15.3. The molecule has 4 rings (SSSR count). The van der Waals surface area contributed by atoms with Crippen molar-refractivity contribution >= 4 is 22.8 Å². The molecule has 1 unspecified atom stereocenters. The van der Waals surface area contributed by atoms with Gasteiger partial charge in [0.25, 0.3) is 5.91 Å². The lowest BCUT2D eigenvalue weighted by Crippen LogP contribution is -2.58. The standard InChI is InChI=1S/C26H29N3O3/c1-26(2,3)32-25(31)29-15-14-28(18-21(29)16-19-8-5-4-6-9-19)24(30)23-11-7-10-20-17-27-13-12-22(20)23/h4-13,17,21H,14-16,18H2,1-3H3. The number of aromatic nitrogens is 1. The van der Waals surface area contributed by atoms with Crippen molar-refractivity contribution in [1.29, 1.82) is 0 Å². The number of piperazine rings is 1. The highest BCUT2D eigenvalue weighted by Crippen LogP contribution is 2.23. The number of carbonyl (C=O) groups excluding carboxylic acids is 2. The summed E-state index contributed by atoms with van der Waals surface area (Å²) in [5.41, 5.74) is 1.21. The molecule has 0 N–H and O–H groups in total. The Bertz CT molecular complexity index is 1100. The smallest absolute Gasteiger partial charge is 0.410 e. The predicted molar refractivity (Wildman–Crippen MR) is 125 cm³/mol. The van der Waals surface area contributed by atoms with Crippen molar-refractivity contribution in [1.82, 2.24) is 14.8 Å². The first kappa shape index (κ1) is 21.8. The number of pyridine rings is 1. The van der Waals surface area contributed by atoms with E-state index in [4.69, 9.17) is 4.74 Å². The van der Waals surface area contributed by atoms with E-state index in [0.29, 0.717) is 31.6 Å². The summed E-state index contributed by atoms with van der Waals surface area (Å²) in [5.74, 6) is -0.0244. The molecule has 6 nitrogen and oxygen atoms in total. The van der Waals surface area contributed by atoms with Gasteiger partial charge in [-0.05, 0) is 50.3 Å². The van der Waals surface area contributed by atoms with E-state index in [0.717, 1.165) is 16.3 Å². The summed E-state index contributed by atoms with van der Waals surface area (Å²) >= 11 is 0. The van der Waals surface area contributed by atoms with Gasteiger partial charge < -0.3 is 14.5 Å². The number of rotatable bonds is 3. The summed E-state index contributed by atoms with van der Waals surface area (Å²) < 4.78 is 5.66. The van der Waals surface area contributed by atoms with Gasteiger partial charge in [-0.3, -0.25) is 9.78 Å². The van der Waals surface area contributed by atoms with Gasteiger partial charge in [0.1, 0.15) is 5.60 Å². The molecular weight excluding hydrogens is 402 g/mol. The summed E-state index contributed by atoms with van der Waals surface area (Å²) in [6.45, 7) is 6.95. The van der Waals surface area contributed by atoms with Crippen LogP contribution in [0, 0.1) is 0 Å². The molecule has 1 atom stereocenters. The van der Waals surface area contributed by atoms with E-state index in [9.17, 15) is 9.59 Å². The fourth-order valence-corrected chi connectivity index (χ4v) is 4.14. The van der Waals surface area contributed by atoms with Crippen LogP contribution in [-0.2, 0) is 11.2 Å². The number of carbonyl (C=O) groups is 2. The van der Waals surface area contributed by atoms with Gasteiger partial charge in [-0.1, -0.05) is 42.5 Å². The molecule has 2 amide bonds. The number of ether oxygens (including phenoxy) is 1. The second kappa shape index (κ2) is 8.99. The first-order valence-electron chi connectivity index (χ1n) is 11.0. The third-order valence-electron chi connectivity index (χ3n) is 5.62. The summed E-state index contributed by atoms with van der Waals surface area (Å²) in [4.78, 5) is 34.2. The highest BCUT2D eigenvalue weighted by Gasteiger charge is 2.35. The monoisotopic (exact) mass is 431 g/mol. The van der Waals surface area contributed by atoms with Crippen molar-refractivity contribution in [2.75, 3.05) is 19.6 Å². The van der Waals surface area contributed by atoms with Crippen molar-refractivity contribution in [2.45, 2.75) is 38.8 Å². The van der Waals surface area contributed by atoms with E-state index < -0.39 is 5.60 Å². The lowest BCUT2D eigenvalue weighted by Gasteiger charge is -2.42. The van der Waals surface area contributed by atoms with E-state index in [-0.39, 0.29) is 18.0 Å². The number of hydrogen-bond donors (Lipinski definition) is 0. The first-order valence-corrected chi connectivity index (χ1v) is 11.0. The van der Waals surface area contributed by atoms with Gasteiger partial charge in [0.15, 0.2) is 0 Å². The molecule has 32 heavy (non-hydrogen) atoms. The van der Waals surface area contributed by atoms with E-state index in [1.165, 1.54) is 0 Å². The predicted octanol–water partition coefficient (Wildman–Crippen LogP) is 4.54. The molecule has 2 aromatic carbocycles. The lowest BCUT2D eigenvalue weighted by atomic mass is 10.0. The maximum atomic E-state index is 13.5. The molecule has 0 spiro atoms. The van der Waals surface area contributed by atoms with Crippen LogP contribution in [0.5, 0.6) is 0 Å². The number of amides is 2. The number of nitrogens with zero attached hydrogens (tertiary/aromatic N) is 3. The van der Waals surface area contributed by atoms with Crippen LogP contribution in [0.2, 0.25) is 0 Å². The minimum Gasteiger partial charge on any atom is -0.444 e. The van der Waals surface area contributed by atoms with Gasteiger partial charge in [0, 0.05) is 43.0 Å².